The second-order valence-corrected chi connectivity index (χ2v) is 6.39. The Bertz CT molecular complexity index is 1020. The molecule has 1 unspecified atom stereocenters. The zero-order valence-electron chi connectivity index (χ0n) is 15.0. The normalized spacial score (nSPS) is 12.8. The smallest absolute Gasteiger partial charge is 0.416 e. The maximum atomic E-state index is 12.8. The molecule has 0 aliphatic carbocycles. The van der Waals surface area contributed by atoms with Crippen LogP contribution in [0.3, 0.4) is 0 Å². The number of fused-ring (bicyclic) bond motifs is 1. The van der Waals surface area contributed by atoms with Crippen LogP contribution in [-0.2, 0) is 15.7 Å². The SMILES string of the molecule is CCOC(=O)C(C)n1ncc2ccc(Oc3ccc(C(F)(F)F)cc3Cl)cc21. The van der Waals surface area contributed by atoms with Gasteiger partial charge in [-0.15, -0.1) is 0 Å². The van der Waals surface area contributed by atoms with Crippen LogP contribution in [0.25, 0.3) is 10.9 Å². The van der Waals surface area contributed by atoms with Crippen LogP contribution < -0.4 is 4.74 Å². The van der Waals surface area contributed by atoms with Crippen molar-refractivity contribution in [3.05, 3.63) is 53.2 Å². The van der Waals surface area contributed by atoms with Crippen molar-refractivity contribution in [1.29, 1.82) is 0 Å². The second-order valence-electron chi connectivity index (χ2n) is 5.98. The van der Waals surface area contributed by atoms with Gasteiger partial charge < -0.3 is 9.47 Å². The molecule has 0 aliphatic rings. The van der Waals surface area contributed by atoms with Gasteiger partial charge >= 0.3 is 12.1 Å². The fourth-order valence-electron chi connectivity index (χ4n) is 2.64. The van der Waals surface area contributed by atoms with E-state index in [1.807, 2.05) is 0 Å². The summed E-state index contributed by atoms with van der Waals surface area (Å²) >= 11 is 5.94. The minimum atomic E-state index is -4.49. The molecule has 1 heterocycles. The number of nitrogens with zero attached hydrogens (tertiary/aromatic N) is 2. The average molecular weight is 413 g/mol. The summed E-state index contributed by atoms with van der Waals surface area (Å²) in [7, 11) is 0. The van der Waals surface area contributed by atoms with Crippen molar-refractivity contribution in [1.82, 2.24) is 9.78 Å². The summed E-state index contributed by atoms with van der Waals surface area (Å²) in [6.45, 7) is 3.62. The molecule has 0 saturated carbocycles. The standard InChI is InChI=1S/C19H16ClF3N2O3/c1-3-27-18(26)11(2)25-16-9-14(6-4-12(16)10-24-25)28-17-7-5-13(8-15(17)20)19(21,22)23/h4-11H,3H2,1-2H3. The Labute approximate surface area is 163 Å². The highest BCUT2D eigenvalue weighted by Gasteiger charge is 2.31. The topological polar surface area (TPSA) is 53.4 Å². The number of carbonyl (C=O) groups excluding carboxylic acids is 1. The first-order chi connectivity index (χ1) is 13.2. The first kappa shape index (κ1) is 20.0. The van der Waals surface area contributed by atoms with Crippen LogP contribution in [0.5, 0.6) is 11.5 Å². The van der Waals surface area contributed by atoms with Crippen molar-refractivity contribution >= 4 is 28.5 Å². The molecule has 0 aliphatic heterocycles. The zero-order valence-corrected chi connectivity index (χ0v) is 15.7. The van der Waals surface area contributed by atoms with E-state index in [1.54, 1.807) is 38.2 Å². The zero-order chi connectivity index (χ0) is 20.5. The van der Waals surface area contributed by atoms with E-state index in [4.69, 9.17) is 21.1 Å². The van der Waals surface area contributed by atoms with Crippen molar-refractivity contribution < 1.29 is 27.4 Å². The predicted molar refractivity (Wildman–Crippen MR) is 97.6 cm³/mol. The maximum absolute atomic E-state index is 12.8. The highest BCUT2D eigenvalue weighted by atomic mass is 35.5. The molecule has 0 bridgehead atoms. The number of esters is 1. The molecular weight excluding hydrogens is 397 g/mol. The van der Waals surface area contributed by atoms with E-state index >= 15 is 0 Å². The summed E-state index contributed by atoms with van der Waals surface area (Å²) in [5.41, 5.74) is -0.247. The van der Waals surface area contributed by atoms with E-state index in [-0.39, 0.29) is 17.4 Å². The predicted octanol–water partition coefficient (Wildman–Crippen LogP) is 5.62. The number of alkyl halides is 3. The molecule has 3 rings (SSSR count). The Morgan fingerprint density at radius 1 is 1.25 bits per heavy atom. The third-order valence-corrected chi connectivity index (χ3v) is 4.35. The number of carbonyl (C=O) groups is 1. The van der Waals surface area contributed by atoms with E-state index in [0.29, 0.717) is 11.3 Å². The molecule has 148 valence electrons. The van der Waals surface area contributed by atoms with Gasteiger partial charge in [-0.3, -0.25) is 4.68 Å². The van der Waals surface area contributed by atoms with Crippen molar-refractivity contribution in [2.45, 2.75) is 26.1 Å². The molecule has 0 amide bonds. The van der Waals surface area contributed by atoms with Crippen LogP contribution in [-0.4, -0.2) is 22.4 Å². The van der Waals surface area contributed by atoms with Gasteiger partial charge in [0.1, 0.15) is 17.5 Å². The highest BCUT2D eigenvalue weighted by Crippen LogP contribution is 2.37. The molecular formula is C19H16ClF3N2O3. The first-order valence-electron chi connectivity index (χ1n) is 8.39. The lowest BCUT2D eigenvalue weighted by Gasteiger charge is -2.13. The lowest BCUT2D eigenvalue weighted by atomic mass is 10.2. The largest absolute Gasteiger partial charge is 0.464 e. The van der Waals surface area contributed by atoms with Crippen LogP contribution in [0.4, 0.5) is 13.2 Å². The van der Waals surface area contributed by atoms with E-state index in [0.717, 1.165) is 23.6 Å². The van der Waals surface area contributed by atoms with Crippen molar-refractivity contribution in [2.24, 2.45) is 0 Å². The Hall–Kier alpha value is -2.74. The Morgan fingerprint density at radius 2 is 2.00 bits per heavy atom. The molecule has 2 aromatic carbocycles. The van der Waals surface area contributed by atoms with Crippen LogP contribution in [0.15, 0.2) is 42.6 Å². The summed E-state index contributed by atoms with van der Waals surface area (Å²) < 4.78 is 50.4. The summed E-state index contributed by atoms with van der Waals surface area (Å²) in [4.78, 5) is 12.0. The number of rotatable bonds is 5. The average Bonchev–Trinajstić information content (AvgIpc) is 3.05. The van der Waals surface area contributed by atoms with Gasteiger partial charge in [0.05, 0.1) is 28.9 Å². The van der Waals surface area contributed by atoms with Gasteiger partial charge in [-0.25, -0.2) is 4.79 Å². The van der Waals surface area contributed by atoms with Gasteiger partial charge in [0.25, 0.3) is 0 Å². The summed E-state index contributed by atoms with van der Waals surface area (Å²) in [6, 6.07) is 7.21. The number of halogens is 4. The number of hydrogen-bond donors (Lipinski definition) is 0. The molecule has 0 saturated heterocycles. The van der Waals surface area contributed by atoms with Gasteiger partial charge in [0.15, 0.2) is 0 Å². The third-order valence-electron chi connectivity index (χ3n) is 4.05. The summed E-state index contributed by atoms with van der Waals surface area (Å²) in [5.74, 6) is -0.00454. The van der Waals surface area contributed by atoms with E-state index in [2.05, 4.69) is 5.10 Å². The highest BCUT2D eigenvalue weighted by molar-refractivity contribution is 6.32. The van der Waals surface area contributed by atoms with Gasteiger partial charge in [0.2, 0.25) is 0 Å². The fraction of sp³-hybridized carbons (Fsp3) is 0.263. The molecule has 0 N–H and O–H groups in total. The fourth-order valence-corrected chi connectivity index (χ4v) is 2.86. The minimum absolute atomic E-state index is 0.0820. The van der Waals surface area contributed by atoms with Crippen molar-refractivity contribution in [3.8, 4) is 11.5 Å². The third kappa shape index (κ3) is 4.06. The summed E-state index contributed by atoms with van der Waals surface area (Å²) in [6.07, 6.45) is -2.89. The van der Waals surface area contributed by atoms with Crippen LogP contribution >= 0.6 is 11.6 Å². The van der Waals surface area contributed by atoms with Crippen LogP contribution in [0, 0.1) is 0 Å². The number of hydrogen-bond acceptors (Lipinski definition) is 4. The molecule has 0 fully saturated rings. The molecule has 0 radical (unpaired) electrons. The molecule has 9 heteroatoms. The molecule has 28 heavy (non-hydrogen) atoms. The molecule has 0 spiro atoms. The molecule has 1 aromatic heterocycles. The van der Waals surface area contributed by atoms with Gasteiger partial charge in [-0.1, -0.05) is 11.6 Å². The Morgan fingerprint density at radius 3 is 2.64 bits per heavy atom. The quantitative estimate of drug-likeness (QED) is 0.510. The molecule has 3 aromatic rings. The van der Waals surface area contributed by atoms with Crippen molar-refractivity contribution in [3.63, 3.8) is 0 Å². The van der Waals surface area contributed by atoms with E-state index in [1.165, 1.54) is 4.68 Å². The van der Waals surface area contributed by atoms with Crippen LogP contribution in [0.2, 0.25) is 5.02 Å². The monoisotopic (exact) mass is 412 g/mol. The molecule has 1 atom stereocenters. The number of ether oxygens (including phenoxy) is 2. The summed E-state index contributed by atoms with van der Waals surface area (Å²) in [5, 5.41) is 4.81. The lowest BCUT2D eigenvalue weighted by Crippen LogP contribution is -2.20. The maximum Gasteiger partial charge on any atom is 0.416 e. The second kappa shape index (κ2) is 7.71. The minimum Gasteiger partial charge on any atom is -0.464 e. The lowest BCUT2D eigenvalue weighted by molar-refractivity contribution is -0.146. The van der Waals surface area contributed by atoms with Gasteiger partial charge in [-0.05, 0) is 44.2 Å². The first-order valence-corrected chi connectivity index (χ1v) is 8.77. The number of aromatic nitrogens is 2. The van der Waals surface area contributed by atoms with E-state index in [9.17, 15) is 18.0 Å². The molecule has 5 nitrogen and oxygen atoms in total. The Balaban J connectivity index is 1.91. The Kier molecular flexibility index (Phi) is 5.51. The van der Waals surface area contributed by atoms with E-state index < -0.39 is 23.8 Å². The van der Waals surface area contributed by atoms with Crippen LogP contribution in [0.1, 0.15) is 25.5 Å². The van der Waals surface area contributed by atoms with Gasteiger partial charge in [0, 0.05) is 11.5 Å². The number of benzene rings is 2. The van der Waals surface area contributed by atoms with Crippen molar-refractivity contribution in [2.75, 3.05) is 6.61 Å². The van der Waals surface area contributed by atoms with Gasteiger partial charge in [-0.2, -0.15) is 18.3 Å².